The number of piperazine rings is 1. The summed E-state index contributed by atoms with van der Waals surface area (Å²) in [6, 6.07) is 0. The minimum absolute atomic E-state index is 0.0880. The highest BCUT2D eigenvalue weighted by Gasteiger charge is 2.37. The molecule has 1 aliphatic carbocycles. The second kappa shape index (κ2) is 5.85. The van der Waals surface area contributed by atoms with Crippen molar-refractivity contribution in [3.63, 3.8) is 0 Å². The molecule has 1 aromatic heterocycles. The van der Waals surface area contributed by atoms with Gasteiger partial charge in [0.1, 0.15) is 0 Å². The molecule has 0 spiro atoms. The molecule has 0 atom stereocenters. The fourth-order valence-electron chi connectivity index (χ4n) is 2.83. The molecule has 132 valence electrons. The first-order valence-corrected chi connectivity index (χ1v) is 9.23. The first-order valence-electron chi connectivity index (χ1n) is 7.79. The molecule has 9 nitrogen and oxygen atoms in total. The first-order chi connectivity index (χ1) is 11.2. The van der Waals surface area contributed by atoms with Gasteiger partial charge in [-0.25, -0.2) is 13.2 Å². The van der Waals surface area contributed by atoms with Crippen LogP contribution in [0.15, 0.2) is 20.7 Å². The Labute approximate surface area is 139 Å². The summed E-state index contributed by atoms with van der Waals surface area (Å²) in [6.45, 7) is 0.931. The Kier molecular flexibility index (Phi) is 4.12. The van der Waals surface area contributed by atoms with Gasteiger partial charge in [0, 0.05) is 52.4 Å². The molecule has 1 amide bonds. The molecule has 2 fully saturated rings. The smallest absolute Gasteiger partial charge is 0.330 e. The zero-order valence-corrected chi connectivity index (χ0v) is 14.5. The second-order valence-corrected chi connectivity index (χ2v) is 8.16. The van der Waals surface area contributed by atoms with E-state index < -0.39 is 26.2 Å². The Morgan fingerprint density at radius 1 is 1.08 bits per heavy atom. The monoisotopic (exact) mass is 356 g/mol. The molecule has 0 N–H and O–H groups in total. The Hall–Kier alpha value is -1.94. The highest BCUT2D eigenvalue weighted by molar-refractivity contribution is 7.89. The van der Waals surface area contributed by atoms with Crippen LogP contribution < -0.4 is 11.2 Å². The quantitative estimate of drug-likeness (QED) is 0.644. The summed E-state index contributed by atoms with van der Waals surface area (Å²) in [5.74, 6) is 0.189. The normalized spacial score (nSPS) is 19.5. The van der Waals surface area contributed by atoms with E-state index in [2.05, 4.69) is 0 Å². The Morgan fingerprint density at radius 2 is 1.67 bits per heavy atom. The number of sulfonamides is 1. The maximum atomic E-state index is 12.7. The maximum absolute atomic E-state index is 12.7. The molecule has 3 rings (SSSR count). The summed E-state index contributed by atoms with van der Waals surface area (Å²) >= 11 is 0. The second-order valence-electron chi connectivity index (χ2n) is 6.25. The van der Waals surface area contributed by atoms with Gasteiger partial charge in [0.2, 0.25) is 15.9 Å². The fraction of sp³-hybridized carbons (Fsp3) is 0.643. The van der Waals surface area contributed by atoms with Gasteiger partial charge in [-0.1, -0.05) is 0 Å². The Morgan fingerprint density at radius 3 is 2.21 bits per heavy atom. The summed E-state index contributed by atoms with van der Waals surface area (Å²) in [5.41, 5.74) is -1.42. The summed E-state index contributed by atoms with van der Waals surface area (Å²) in [4.78, 5) is 37.2. The number of rotatable bonds is 3. The van der Waals surface area contributed by atoms with Crippen LogP contribution in [0.3, 0.4) is 0 Å². The van der Waals surface area contributed by atoms with Crippen molar-refractivity contribution in [1.29, 1.82) is 0 Å². The number of aromatic nitrogens is 2. The van der Waals surface area contributed by atoms with Crippen LogP contribution in [0.2, 0.25) is 0 Å². The number of hydrogen-bond donors (Lipinski definition) is 0. The molecule has 2 heterocycles. The van der Waals surface area contributed by atoms with Crippen molar-refractivity contribution in [3.8, 4) is 0 Å². The molecule has 1 saturated carbocycles. The molecule has 1 aliphatic heterocycles. The van der Waals surface area contributed by atoms with Crippen LogP contribution in [0.5, 0.6) is 0 Å². The molecule has 1 aromatic rings. The van der Waals surface area contributed by atoms with E-state index in [0.29, 0.717) is 13.1 Å². The zero-order chi connectivity index (χ0) is 17.6. The molecule has 0 radical (unpaired) electrons. The third-order valence-electron chi connectivity index (χ3n) is 4.51. The fourth-order valence-corrected chi connectivity index (χ4v) is 4.40. The minimum Gasteiger partial charge on any atom is -0.340 e. The van der Waals surface area contributed by atoms with Gasteiger partial charge in [-0.2, -0.15) is 4.31 Å². The van der Waals surface area contributed by atoms with Crippen LogP contribution in [0.25, 0.3) is 0 Å². The van der Waals surface area contributed by atoms with Crippen LogP contribution in [-0.4, -0.2) is 58.8 Å². The van der Waals surface area contributed by atoms with Gasteiger partial charge in [0.15, 0.2) is 4.90 Å². The van der Waals surface area contributed by atoms with E-state index in [1.54, 1.807) is 4.90 Å². The van der Waals surface area contributed by atoms with Gasteiger partial charge in [-0.3, -0.25) is 14.2 Å². The van der Waals surface area contributed by atoms with Gasteiger partial charge in [0.05, 0.1) is 0 Å². The summed E-state index contributed by atoms with van der Waals surface area (Å²) in [6.07, 6.45) is 2.87. The number of aryl methyl sites for hydroxylation is 1. The van der Waals surface area contributed by atoms with Gasteiger partial charge >= 0.3 is 5.69 Å². The average Bonchev–Trinajstić information content (AvgIpc) is 3.40. The summed E-state index contributed by atoms with van der Waals surface area (Å²) in [7, 11) is -1.36. The van der Waals surface area contributed by atoms with Crippen molar-refractivity contribution in [3.05, 3.63) is 27.0 Å². The lowest BCUT2D eigenvalue weighted by Crippen LogP contribution is -2.52. The van der Waals surface area contributed by atoms with E-state index in [4.69, 9.17) is 0 Å². The van der Waals surface area contributed by atoms with E-state index in [1.165, 1.54) is 18.4 Å². The molecule has 10 heteroatoms. The third-order valence-corrected chi connectivity index (χ3v) is 6.39. The summed E-state index contributed by atoms with van der Waals surface area (Å²) in [5, 5.41) is 0. The molecule has 1 saturated heterocycles. The Bertz CT molecular complexity index is 889. The molecular formula is C14H20N4O5S. The van der Waals surface area contributed by atoms with Gasteiger partial charge < -0.3 is 9.47 Å². The largest absolute Gasteiger partial charge is 0.340 e. The van der Waals surface area contributed by atoms with Crippen molar-refractivity contribution < 1.29 is 13.2 Å². The highest BCUT2D eigenvalue weighted by atomic mass is 32.2. The summed E-state index contributed by atoms with van der Waals surface area (Å²) < 4.78 is 28.5. The standard InChI is InChI=1S/C14H20N4O5S/c1-15-9-11(13(20)16(2)14(15)21)24(22,23)18-7-5-17(6-8-18)12(19)10-3-4-10/h9-10H,3-8H2,1-2H3. The molecule has 0 bridgehead atoms. The lowest BCUT2D eigenvalue weighted by molar-refractivity contribution is -0.133. The predicted molar refractivity (Wildman–Crippen MR) is 85.0 cm³/mol. The van der Waals surface area contributed by atoms with Crippen molar-refractivity contribution in [2.24, 2.45) is 20.0 Å². The molecular weight excluding hydrogens is 336 g/mol. The Balaban J connectivity index is 1.84. The van der Waals surface area contributed by atoms with Crippen molar-refractivity contribution in [2.75, 3.05) is 26.2 Å². The van der Waals surface area contributed by atoms with E-state index in [0.717, 1.165) is 28.2 Å². The number of hydrogen-bond acceptors (Lipinski definition) is 5. The molecule has 0 aromatic carbocycles. The van der Waals surface area contributed by atoms with Crippen molar-refractivity contribution in [2.45, 2.75) is 17.7 Å². The van der Waals surface area contributed by atoms with Gasteiger partial charge in [-0.15, -0.1) is 0 Å². The van der Waals surface area contributed by atoms with E-state index in [1.807, 2.05) is 0 Å². The van der Waals surface area contributed by atoms with Crippen LogP contribution in [0.1, 0.15) is 12.8 Å². The number of carbonyl (C=O) groups is 1. The van der Waals surface area contributed by atoms with E-state index >= 15 is 0 Å². The average molecular weight is 356 g/mol. The highest BCUT2D eigenvalue weighted by Crippen LogP contribution is 2.31. The third kappa shape index (κ3) is 2.80. The van der Waals surface area contributed by atoms with Crippen LogP contribution in [-0.2, 0) is 28.9 Å². The van der Waals surface area contributed by atoms with Gasteiger partial charge in [-0.05, 0) is 12.8 Å². The van der Waals surface area contributed by atoms with Crippen molar-refractivity contribution >= 4 is 15.9 Å². The predicted octanol–water partition coefficient (Wildman–Crippen LogP) is -1.67. The zero-order valence-electron chi connectivity index (χ0n) is 13.6. The topological polar surface area (TPSA) is 102 Å². The lowest BCUT2D eigenvalue weighted by Gasteiger charge is -2.34. The van der Waals surface area contributed by atoms with Crippen LogP contribution in [0, 0.1) is 5.92 Å². The first kappa shape index (κ1) is 16.9. The van der Waals surface area contributed by atoms with Crippen LogP contribution in [0.4, 0.5) is 0 Å². The lowest BCUT2D eigenvalue weighted by atomic mass is 10.3. The minimum atomic E-state index is -4.01. The van der Waals surface area contributed by atoms with Gasteiger partial charge in [0.25, 0.3) is 5.56 Å². The molecule has 0 unspecified atom stereocenters. The SMILES string of the molecule is Cn1cc(S(=O)(=O)N2CCN(C(=O)C3CC3)CC2)c(=O)n(C)c1=O. The number of carbonyl (C=O) groups excluding carboxylic acids is 1. The molecule has 2 aliphatic rings. The number of amides is 1. The number of nitrogens with zero attached hydrogens (tertiary/aromatic N) is 4. The molecule has 24 heavy (non-hydrogen) atoms. The maximum Gasteiger partial charge on any atom is 0.330 e. The van der Waals surface area contributed by atoms with E-state index in [-0.39, 0.29) is 24.9 Å². The van der Waals surface area contributed by atoms with E-state index in [9.17, 15) is 22.8 Å². The van der Waals surface area contributed by atoms with Crippen LogP contribution >= 0.6 is 0 Å². The van der Waals surface area contributed by atoms with Crippen molar-refractivity contribution in [1.82, 2.24) is 18.3 Å².